The molecule has 0 aromatic carbocycles. The van der Waals surface area contributed by atoms with Crippen molar-refractivity contribution in [1.29, 1.82) is 0 Å². The first-order valence-electron chi connectivity index (χ1n) is 40.9. The Hall–Kier alpha value is -2.58. The fourth-order valence-electron chi connectivity index (χ4n) is 17.6. The molecule has 5 aliphatic carbocycles. The molecule has 5 saturated carbocycles. The van der Waals surface area contributed by atoms with Crippen LogP contribution in [-0.4, -0.2) is 127 Å². The predicted octanol–water partition coefficient (Wildman–Crippen LogP) is 22.6. The molecule has 2 saturated heterocycles. The number of allylic oxidation sites excluding steroid dienone is 4. The van der Waals surface area contributed by atoms with E-state index in [0.717, 1.165) is 88.0 Å². The van der Waals surface area contributed by atoms with E-state index in [-0.39, 0.29) is 86.1 Å². The van der Waals surface area contributed by atoms with Crippen molar-refractivity contribution in [3.05, 3.63) is 83.0 Å². The van der Waals surface area contributed by atoms with Gasteiger partial charge in [-0.3, -0.25) is 4.70 Å². The first-order valence-corrected chi connectivity index (χ1v) is 50.5. The highest BCUT2D eigenvalue weighted by Gasteiger charge is 2.54. The van der Waals surface area contributed by atoms with Crippen molar-refractivity contribution in [2.75, 3.05) is 26.4 Å². The van der Waals surface area contributed by atoms with E-state index in [1.165, 1.54) is 56.9 Å². The summed E-state index contributed by atoms with van der Waals surface area (Å²) in [7, 11) is -5.97. The monoisotopic (exact) mass is 1580 g/mol. The van der Waals surface area contributed by atoms with Crippen LogP contribution in [0.1, 0.15) is 259 Å². The van der Waals surface area contributed by atoms with E-state index < -0.39 is 43.3 Å². The lowest BCUT2D eigenvalue weighted by molar-refractivity contribution is -0.141. The van der Waals surface area contributed by atoms with Crippen molar-refractivity contribution in [3.63, 3.8) is 0 Å². The number of aliphatic hydroxyl groups excluding tert-OH is 3. The summed E-state index contributed by atoms with van der Waals surface area (Å²) in [6.45, 7) is 70.0. The largest absolute Gasteiger partial charge is 0.458 e. The third-order valence-electron chi connectivity index (χ3n) is 27.0. The molecule has 0 unspecified atom stereocenters. The summed E-state index contributed by atoms with van der Waals surface area (Å²) < 4.78 is 43.9. The summed E-state index contributed by atoms with van der Waals surface area (Å²) in [6.07, 6.45) is 31.6. The Labute approximate surface area is 652 Å². The van der Waals surface area contributed by atoms with Gasteiger partial charge in [0.25, 0.3) is 0 Å². The number of unbranched alkanes of at least 4 members (excludes halogenated alkanes) is 2. The second-order valence-corrected chi connectivity index (χ2v) is 51.8. The molecule has 17 heteroatoms. The smallest absolute Gasteiger partial charge is 0.334 e. The SMILES string of the molecule is C#CC[C@@H](O[Si](C)(C)C(C)(C)C)[C@H](OCCCO[Si](C)(C)C(C)(C)C)[C@@H](C=C)O[Si](C)(C)C(C)(C)C.C=C1/C(=C\C=C2/CCC[C@]3(C)[C@@H]([C@H](C)C[C@H]4OC(=O)C(=C)[C@@H]4CCCC)CC[C@@H]23)C[C@@H](O)[C@H](OCCCO)[C@@H]1O.C=C1C(=O)O[C@H](C[C@@H](C)[C@H]2CC[C@H]3/C(=C/Br)CCC[C@]23C)[C@H]1CCCC.CC.F. The van der Waals surface area contributed by atoms with E-state index in [1.54, 1.807) is 5.57 Å². The van der Waals surface area contributed by atoms with Gasteiger partial charge in [0.1, 0.15) is 30.5 Å². The highest BCUT2D eigenvalue weighted by atomic mass is 79.9. The van der Waals surface area contributed by atoms with Crippen molar-refractivity contribution < 1.29 is 61.8 Å². The van der Waals surface area contributed by atoms with Crippen LogP contribution in [0.4, 0.5) is 4.70 Å². The van der Waals surface area contributed by atoms with E-state index in [0.29, 0.717) is 84.9 Å². The first kappa shape index (κ1) is 96.6. The van der Waals surface area contributed by atoms with Crippen molar-refractivity contribution in [3.8, 4) is 12.3 Å². The number of terminal acetylenes is 1. The molecule has 2 aliphatic heterocycles. The molecular formula is C88H154BrFO12Si3. The van der Waals surface area contributed by atoms with Gasteiger partial charge in [0.15, 0.2) is 25.0 Å². The van der Waals surface area contributed by atoms with Gasteiger partial charge in [-0.15, -0.1) is 18.9 Å². The van der Waals surface area contributed by atoms with Crippen LogP contribution in [0.2, 0.25) is 54.4 Å². The average Bonchev–Trinajstić information content (AvgIpc) is 1.61. The minimum absolute atomic E-state index is 0. The van der Waals surface area contributed by atoms with E-state index >= 15 is 0 Å². The van der Waals surface area contributed by atoms with Gasteiger partial charge in [0.2, 0.25) is 0 Å². The van der Waals surface area contributed by atoms with Crippen LogP contribution in [0.3, 0.4) is 0 Å². The molecule has 0 aromatic rings. The maximum atomic E-state index is 12.3. The maximum Gasteiger partial charge on any atom is 0.334 e. The highest BCUT2D eigenvalue weighted by molar-refractivity contribution is 9.11. The number of rotatable bonds is 31. The van der Waals surface area contributed by atoms with Crippen LogP contribution in [-0.2, 0) is 41.8 Å². The van der Waals surface area contributed by atoms with Crippen LogP contribution in [0.25, 0.3) is 0 Å². The number of hydrogen-bond donors (Lipinski definition) is 3. The number of aliphatic hydroxyl groups is 3. The molecular weight excluding hydrogens is 1430 g/mol. The second-order valence-electron chi connectivity index (χ2n) is 37.0. The summed E-state index contributed by atoms with van der Waals surface area (Å²) in [5.41, 5.74) is 6.59. The van der Waals surface area contributed by atoms with Crippen molar-refractivity contribution in [1.82, 2.24) is 0 Å². The topological polar surface area (TPSA) is 159 Å². The molecule has 0 aromatic heterocycles. The van der Waals surface area contributed by atoms with Crippen LogP contribution in [0, 0.1) is 70.5 Å². The molecule has 7 rings (SSSR count). The maximum absolute atomic E-state index is 12.3. The molecule has 2 heterocycles. The molecule has 105 heavy (non-hydrogen) atoms. The zero-order chi connectivity index (χ0) is 78.7. The highest BCUT2D eigenvalue weighted by Crippen LogP contribution is 2.62. The molecule has 18 atom stereocenters. The number of ether oxygens (including phenoxy) is 4. The Morgan fingerprint density at radius 3 is 1.58 bits per heavy atom. The number of esters is 2. The number of cyclic esters (lactones) is 2. The molecule has 604 valence electrons. The Balaban J connectivity index is 0.000000410. The third-order valence-corrected chi connectivity index (χ3v) is 41.1. The lowest BCUT2D eigenvalue weighted by Gasteiger charge is -2.45. The van der Waals surface area contributed by atoms with Crippen LogP contribution in [0.15, 0.2) is 83.0 Å². The molecule has 7 fully saturated rings. The Morgan fingerprint density at radius 1 is 0.676 bits per heavy atom. The summed E-state index contributed by atoms with van der Waals surface area (Å²) in [5.74, 6) is 6.51. The summed E-state index contributed by atoms with van der Waals surface area (Å²) in [6, 6.07) is 0. The van der Waals surface area contributed by atoms with E-state index in [2.05, 4.69) is 208 Å². The average molecular weight is 1590 g/mol. The van der Waals surface area contributed by atoms with Crippen LogP contribution < -0.4 is 0 Å². The zero-order valence-corrected chi connectivity index (χ0v) is 75.2. The van der Waals surface area contributed by atoms with Gasteiger partial charge in [0, 0.05) is 62.3 Å². The van der Waals surface area contributed by atoms with E-state index in [4.69, 9.17) is 43.8 Å². The van der Waals surface area contributed by atoms with E-state index in [9.17, 15) is 19.8 Å². The van der Waals surface area contributed by atoms with E-state index in [1.807, 2.05) is 19.9 Å². The minimum Gasteiger partial charge on any atom is -0.458 e. The van der Waals surface area contributed by atoms with Gasteiger partial charge >= 0.3 is 11.9 Å². The number of hydrogen-bond acceptors (Lipinski definition) is 12. The Bertz CT molecular complexity index is 2910. The van der Waals surface area contributed by atoms with Gasteiger partial charge in [-0.1, -0.05) is 208 Å². The normalized spacial score (nSPS) is 30.6. The molecule has 12 nitrogen and oxygen atoms in total. The van der Waals surface area contributed by atoms with Gasteiger partial charge in [-0.25, -0.2) is 9.59 Å². The summed E-state index contributed by atoms with van der Waals surface area (Å²) in [4.78, 5) is 26.6. The standard InChI is InChI=1S/C34H52O6.C29H60O4Si3.C23H35BrO2.C2H6.FH/c1-6-7-11-26-23(4)33(38)40-30(26)19-21(2)27-14-15-28-24(10-8-16-34(27,28)5)12-13-25-20-29(36)32(31(37)22(25)3)39-18-9-17-35;1-18-21-25(33-36(16,17)29(9,10)11)26(24(19-2)32-35(14,15)28(6,7)8)30-22-20-23-31-34(12,13)27(3,4)5;1-5-6-9-18-16(3)22(25)26-21(18)13-15(2)19-10-11-20-17(14-24)8-7-12-23(19,20)4;1-2;/h12-13,21,26-32,35-37H,3-4,6-11,14-20H2,1-2,5H3;1,19,24-26H,2,20-23H2,3-17H3;14-15,18-21H,3,5-13H2,1-2,4H3;1-2H3;1H/b24-12+,25-13-;;17-14+;;/t21-,26+,27-,28+,29-,30-,31-,32+,34-;24-,25-,26-;15-,18+,19-,20+,21-,23-;;/m111../s1. The van der Waals surface area contributed by atoms with Crippen molar-refractivity contribution in [2.24, 2.45) is 58.2 Å². The molecule has 0 radical (unpaired) electrons. The molecule has 0 spiro atoms. The molecule has 0 amide bonds. The van der Waals surface area contributed by atoms with Crippen molar-refractivity contribution >= 4 is 52.8 Å². The third kappa shape index (κ3) is 25.0. The van der Waals surface area contributed by atoms with Gasteiger partial charge in [0.05, 0.1) is 18.3 Å². The fourth-order valence-corrected chi connectivity index (χ4v) is 21.8. The fraction of sp³-hybridized carbons (Fsp3) is 0.795. The van der Waals surface area contributed by atoms with Crippen LogP contribution >= 0.6 is 15.9 Å². The number of fused-ring (bicyclic) bond motifs is 2. The number of carbonyl (C=O) groups is 2. The minimum atomic E-state index is -2.10. The first-order chi connectivity index (χ1) is 48.5. The van der Waals surface area contributed by atoms with Gasteiger partial charge in [-0.05, 0) is 220 Å². The molecule has 0 bridgehead atoms. The lowest BCUT2D eigenvalue weighted by atomic mass is 9.60. The molecule has 7 aliphatic rings. The van der Waals surface area contributed by atoms with Gasteiger partial charge < -0.3 is 47.5 Å². The van der Waals surface area contributed by atoms with Crippen LogP contribution in [0.5, 0.6) is 0 Å². The van der Waals surface area contributed by atoms with Gasteiger partial charge in [-0.2, -0.15) is 0 Å². The Kier molecular flexibility index (Phi) is 39.0. The quantitative estimate of drug-likeness (QED) is 0.0151. The number of carbonyl (C=O) groups excluding carboxylic acids is 2. The molecule has 3 N–H and O–H groups in total. The zero-order valence-electron chi connectivity index (χ0n) is 70.6. The second kappa shape index (κ2) is 42.3. The van der Waals surface area contributed by atoms with Crippen molar-refractivity contribution in [2.45, 2.75) is 362 Å². The Morgan fingerprint density at radius 2 is 1.14 bits per heavy atom. The number of halogens is 2. The summed E-state index contributed by atoms with van der Waals surface area (Å²) >= 11 is 3.62. The predicted molar refractivity (Wildman–Crippen MR) is 448 cm³/mol. The summed E-state index contributed by atoms with van der Waals surface area (Å²) in [5, 5.41) is 30.8. The lowest BCUT2D eigenvalue weighted by Crippen LogP contribution is -2.53.